The van der Waals surface area contributed by atoms with Gasteiger partial charge >= 0.3 is 0 Å². The van der Waals surface area contributed by atoms with Crippen molar-refractivity contribution in [1.29, 1.82) is 0 Å². The number of benzene rings is 1. The summed E-state index contributed by atoms with van der Waals surface area (Å²) < 4.78 is 5.66. The van der Waals surface area contributed by atoms with E-state index in [9.17, 15) is 14.4 Å². The Labute approximate surface area is 147 Å². The number of carbonyl (C=O) groups excluding carboxylic acids is 3. The summed E-state index contributed by atoms with van der Waals surface area (Å²) in [5.74, 6) is -0.569. The molecule has 136 valence electrons. The van der Waals surface area contributed by atoms with Gasteiger partial charge in [0.2, 0.25) is 5.91 Å². The van der Waals surface area contributed by atoms with Crippen molar-refractivity contribution in [2.45, 2.75) is 39.4 Å². The molecule has 3 unspecified atom stereocenters. The second-order valence-corrected chi connectivity index (χ2v) is 6.35. The summed E-state index contributed by atoms with van der Waals surface area (Å²) in [5.41, 5.74) is 0.817. The SMILES string of the molecule is CC(=O)NCCNC(=O)c1ccccc1NC(=O)C1OC(C)CC1C. The minimum absolute atomic E-state index is 0.0538. The Morgan fingerprint density at radius 2 is 1.80 bits per heavy atom. The molecule has 0 aliphatic carbocycles. The Hall–Kier alpha value is -2.41. The highest BCUT2D eigenvalue weighted by molar-refractivity contribution is 6.04. The van der Waals surface area contributed by atoms with Crippen LogP contribution in [0.4, 0.5) is 5.69 Å². The fraction of sp³-hybridized carbons (Fsp3) is 0.500. The first-order chi connectivity index (χ1) is 11.9. The molecule has 25 heavy (non-hydrogen) atoms. The number of rotatable bonds is 6. The van der Waals surface area contributed by atoms with E-state index in [1.54, 1.807) is 24.3 Å². The van der Waals surface area contributed by atoms with Crippen LogP contribution in [0, 0.1) is 5.92 Å². The number of hydrogen-bond donors (Lipinski definition) is 3. The van der Waals surface area contributed by atoms with Crippen LogP contribution in [-0.4, -0.2) is 43.0 Å². The molecular formula is C18H25N3O4. The molecule has 1 aromatic rings. The van der Waals surface area contributed by atoms with Gasteiger partial charge in [-0.25, -0.2) is 0 Å². The summed E-state index contributed by atoms with van der Waals surface area (Å²) in [6.07, 6.45) is 0.382. The predicted octanol–water partition coefficient (Wildman–Crippen LogP) is 1.30. The van der Waals surface area contributed by atoms with Gasteiger partial charge in [-0.1, -0.05) is 19.1 Å². The van der Waals surface area contributed by atoms with E-state index >= 15 is 0 Å². The van der Waals surface area contributed by atoms with Crippen molar-refractivity contribution in [1.82, 2.24) is 10.6 Å². The number of para-hydroxylation sites is 1. The van der Waals surface area contributed by atoms with Gasteiger partial charge in [-0.3, -0.25) is 14.4 Å². The molecule has 0 radical (unpaired) electrons. The van der Waals surface area contributed by atoms with Crippen molar-refractivity contribution >= 4 is 23.4 Å². The Bertz CT molecular complexity index is 647. The van der Waals surface area contributed by atoms with Crippen LogP contribution in [0.5, 0.6) is 0 Å². The third-order valence-corrected chi connectivity index (χ3v) is 4.07. The zero-order valence-corrected chi connectivity index (χ0v) is 14.8. The Balaban J connectivity index is 1.98. The quantitative estimate of drug-likeness (QED) is 0.676. The summed E-state index contributed by atoms with van der Waals surface area (Å²) >= 11 is 0. The lowest BCUT2D eigenvalue weighted by atomic mass is 10.0. The third-order valence-electron chi connectivity index (χ3n) is 4.07. The maximum Gasteiger partial charge on any atom is 0.253 e. The van der Waals surface area contributed by atoms with Crippen molar-refractivity contribution in [2.75, 3.05) is 18.4 Å². The molecule has 2 rings (SSSR count). The summed E-state index contributed by atoms with van der Waals surface area (Å²) in [6, 6.07) is 6.81. The van der Waals surface area contributed by atoms with Crippen LogP contribution in [0.1, 0.15) is 37.6 Å². The number of ether oxygens (including phenoxy) is 1. The average Bonchev–Trinajstić information content (AvgIpc) is 2.90. The Morgan fingerprint density at radius 1 is 1.12 bits per heavy atom. The number of anilines is 1. The first kappa shape index (κ1) is 18.9. The number of carbonyl (C=O) groups is 3. The normalized spacial score (nSPS) is 22.3. The summed E-state index contributed by atoms with van der Waals surface area (Å²) in [7, 11) is 0. The van der Waals surface area contributed by atoms with Gasteiger partial charge in [-0.05, 0) is 31.4 Å². The molecule has 7 nitrogen and oxygen atoms in total. The summed E-state index contributed by atoms with van der Waals surface area (Å²) in [4.78, 5) is 35.6. The highest BCUT2D eigenvalue weighted by Gasteiger charge is 2.35. The van der Waals surface area contributed by atoms with Crippen LogP contribution in [0.15, 0.2) is 24.3 Å². The van der Waals surface area contributed by atoms with Gasteiger partial charge in [0.25, 0.3) is 11.8 Å². The largest absolute Gasteiger partial charge is 0.365 e. The lowest BCUT2D eigenvalue weighted by Gasteiger charge is -2.17. The maximum atomic E-state index is 12.5. The zero-order chi connectivity index (χ0) is 18.4. The molecule has 7 heteroatoms. The number of nitrogens with one attached hydrogen (secondary N) is 3. The summed E-state index contributed by atoms with van der Waals surface area (Å²) in [6.45, 7) is 6.00. The molecule has 1 aromatic carbocycles. The lowest BCUT2D eigenvalue weighted by Crippen LogP contribution is -2.35. The van der Waals surface area contributed by atoms with Gasteiger partial charge in [0, 0.05) is 20.0 Å². The van der Waals surface area contributed by atoms with E-state index < -0.39 is 6.10 Å². The first-order valence-corrected chi connectivity index (χ1v) is 8.46. The standard InChI is InChI=1S/C18H25N3O4/c1-11-10-12(2)25-16(11)18(24)21-15-7-5-4-6-14(15)17(23)20-9-8-19-13(3)22/h4-7,11-12,16H,8-10H2,1-3H3,(H,19,22)(H,20,23)(H,21,24). The van der Waals surface area contributed by atoms with E-state index in [4.69, 9.17) is 4.74 Å². The monoisotopic (exact) mass is 347 g/mol. The molecular weight excluding hydrogens is 322 g/mol. The molecule has 1 aliphatic rings. The van der Waals surface area contributed by atoms with Crippen LogP contribution < -0.4 is 16.0 Å². The molecule has 1 saturated heterocycles. The molecule has 0 saturated carbocycles. The molecule has 1 fully saturated rings. The molecule has 1 heterocycles. The molecule has 1 aliphatic heterocycles. The van der Waals surface area contributed by atoms with Crippen molar-refractivity contribution in [2.24, 2.45) is 5.92 Å². The molecule has 0 spiro atoms. The van der Waals surface area contributed by atoms with Gasteiger partial charge in [0.1, 0.15) is 6.10 Å². The van der Waals surface area contributed by atoms with Gasteiger partial charge in [-0.15, -0.1) is 0 Å². The molecule has 0 bridgehead atoms. The van der Waals surface area contributed by atoms with Gasteiger partial charge in [0.05, 0.1) is 17.4 Å². The molecule has 3 N–H and O–H groups in total. The van der Waals surface area contributed by atoms with Crippen LogP contribution >= 0.6 is 0 Å². The van der Waals surface area contributed by atoms with Crippen LogP contribution in [-0.2, 0) is 14.3 Å². The highest BCUT2D eigenvalue weighted by Crippen LogP contribution is 2.27. The second-order valence-electron chi connectivity index (χ2n) is 6.35. The topological polar surface area (TPSA) is 96.5 Å². The minimum atomic E-state index is -0.508. The molecule has 0 aromatic heterocycles. The van der Waals surface area contributed by atoms with Gasteiger partial charge in [-0.2, -0.15) is 0 Å². The number of hydrogen-bond acceptors (Lipinski definition) is 4. The van der Waals surface area contributed by atoms with Crippen LogP contribution in [0.25, 0.3) is 0 Å². The first-order valence-electron chi connectivity index (χ1n) is 8.46. The van der Waals surface area contributed by atoms with E-state index in [-0.39, 0.29) is 29.7 Å². The van der Waals surface area contributed by atoms with Crippen LogP contribution in [0.2, 0.25) is 0 Å². The lowest BCUT2D eigenvalue weighted by molar-refractivity contribution is -0.127. The Kier molecular flexibility index (Phi) is 6.52. The van der Waals surface area contributed by atoms with Crippen LogP contribution in [0.3, 0.4) is 0 Å². The molecule has 3 amide bonds. The van der Waals surface area contributed by atoms with E-state index in [1.807, 2.05) is 13.8 Å². The predicted molar refractivity (Wildman–Crippen MR) is 94.2 cm³/mol. The van der Waals surface area contributed by atoms with E-state index in [2.05, 4.69) is 16.0 Å². The maximum absolute atomic E-state index is 12.5. The highest BCUT2D eigenvalue weighted by atomic mass is 16.5. The summed E-state index contributed by atoms with van der Waals surface area (Å²) in [5, 5.41) is 8.12. The second kappa shape index (κ2) is 8.62. The minimum Gasteiger partial charge on any atom is -0.365 e. The van der Waals surface area contributed by atoms with Crippen molar-refractivity contribution < 1.29 is 19.1 Å². The molecule has 3 atom stereocenters. The van der Waals surface area contributed by atoms with E-state index in [0.29, 0.717) is 24.3 Å². The van der Waals surface area contributed by atoms with Gasteiger partial charge < -0.3 is 20.7 Å². The number of amides is 3. The fourth-order valence-electron chi connectivity index (χ4n) is 2.91. The fourth-order valence-corrected chi connectivity index (χ4v) is 2.91. The Morgan fingerprint density at radius 3 is 2.44 bits per heavy atom. The van der Waals surface area contributed by atoms with E-state index in [1.165, 1.54) is 6.92 Å². The zero-order valence-electron chi connectivity index (χ0n) is 14.8. The van der Waals surface area contributed by atoms with Crippen molar-refractivity contribution in [3.63, 3.8) is 0 Å². The smallest absolute Gasteiger partial charge is 0.253 e. The third kappa shape index (κ3) is 5.29. The van der Waals surface area contributed by atoms with Crippen molar-refractivity contribution in [3.8, 4) is 0 Å². The van der Waals surface area contributed by atoms with Gasteiger partial charge in [0.15, 0.2) is 0 Å². The van der Waals surface area contributed by atoms with Crippen molar-refractivity contribution in [3.05, 3.63) is 29.8 Å². The average molecular weight is 347 g/mol. The van der Waals surface area contributed by atoms with E-state index in [0.717, 1.165) is 6.42 Å².